The van der Waals surface area contributed by atoms with E-state index in [1.165, 1.54) is 11.9 Å². The number of rotatable bonds is 8. The Hall–Kier alpha value is -4.94. The Kier molecular flexibility index (Phi) is 6.79. The van der Waals surface area contributed by atoms with Crippen molar-refractivity contribution in [3.63, 3.8) is 0 Å². The van der Waals surface area contributed by atoms with E-state index < -0.39 is 0 Å². The molecule has 0 radical (unpaired) electrons. The highest BCUT2D eigenvalue weighted by Gasteiger charge is 2.46. The van der Waals surface area contributed by atoms with Gasteiger partial charge in [-0.1, -0.05) is 6.92 Å². The average Bonchev–Trinajstić information content (AvgIpc) is 3.58. The monoisotopic (exact) mass is 568 g/mol. The van der Waals surface area contributed by atoms with Gasteiger partial charge in [-0.25, -0.2) is 29.7 Å². The first kappa shape index (κ1) is 27.2. The highest BCUT2D eigenvalue weighted by Crippen LogP contribution is 2.46. The van der Waals surface area contributed by atoms with E-state index in [2.05, 4.69) is 30.6 Å². The topological polar surface area (TPSA) is 151 Å². The normalized spacial score (nSPS) is 19.0. The lowest BCUT2D eigenvalue weighted by Gasteiger charge is -2.17. The van der Waals surface area contributed by atoms with Gasteiger partial charge in [0.2, 0.25) is 11.8 Å². The van der Waals surface area contributed by atoms with E-state index in [1.54, 1.807) is 19.2 Å². The molecule has 2 fully saturated rings. The van der Waals surface area contributed by atoms with Crippen LogP contribution in [0.25, 0.3) is 5.65 Å². The molecular formula is C29H32N10O3. The van der Waals surface area contributed by atoms with Crippen molar-refractivity contribution >= 4 is 40.8 Å². The van der Waals surface area contributed by atoms with Gasteiger partial charge in [0.25, 0.3) is 0 Å². The number of urea groups is 1. The largest absolute Gasteiger partial charge is 0.362 e. The lowest BCUT2D eigenvalue weighted by molar-refractivity contribution is -0.124. The second-order valence-electron chi connectivity index (χ2n) is 10.9. The number of hydrogen-bond donors (Lipinski definition) is 2. The molecule has 216 valence electrons. The fraction of sp³-hybridized carbons (Fsp3) is 0.379. The summed E-state index contributed by atoms with van der Waals surface area (Å²) < 4.78 is 1.89. The van der Waals surface area contributed by atoms with Crippen LogP contribution in [0.1, 0.15) is 60.8 Å². The molecule has 13 nitrogen and oxygen atoms in total. The fourth-order valence-corrected chi connectivity index (χ4v) is 5.18. The number of likely N-dealkylation sites (N-methyl/N-ethyl adjacent to an activating group) is 1. The van der Waals surface area contributed by atoms with E-state index in [4.69, 9.17) is 4.98 Å². The molecule has 2 N–H and O–H groups in total. The van der Waals surface area contributed by atoms with Crippen LogP contribution in [0.5, 0.6) is 0 Å². The number of anilines is 3. The summed E-state index contributed by atoms with van der Waals surface area (Å²) in [6, 6.07) is 4.80. The van der Waals surface area contributed by atoms with Crippen LogP contribution in [0.4, 0.5) is 22.1 Å². The van der Waals surface area contributed by atoms with Gasteiger partial charge < -0.3 is 15.0 Å². The Balaban J connectivity index is 1.20. The number of nitrogens with zero attached hydrogens (tertiary/aromatic N) is 8. The Labute approximate surface area is 242 Å². The van der Waals surface area contributed by atoms with Gasteiger partial charge in [-0.2, -0.15) is 0 Å². The molecule has 42 heavy (non-hydrogen) atoms. The molecule has 4 aromatic heterocycles. The van der Waals surface area contributed by atoms with E-state index >= 15 is 0 Å². The third-order valence-corrected chi connectivity index (χ3v) is 7.66. The molecule has 1 saturated heterocycles. The van der Waals surface area contributed by atoms with Crippen LogP contribution in [0.15, 0.2) is 36.8 Å². The van der Waals surface area contributed by atoms with Gasteiger partial charge in [-0.15, -0.1) is 0 Å². The molecular weight excluding hydrogens is 536 g/mol. The number of nitrogens with one attached hydrogen (secondary N) is 2. The number of amides is 4. The van der Waals surface area contributed by atoms with Crippen molar-refractivity contribution in [1.82, 2.24) is 34.2 Å². The van der Waals surface area contributed by atoms with Crippen molar-refractivity contribution in [2.24, 2.45) is 5.92 Å². The summed E-state index contributed by atoms with van der Waals surface area (Å²) in [5.74, 6) is 1.56. The summed E-state index contributed by atoms with van der Waals surface area (Å²) in [6.07, 6.45) is 7.05. The van der Waals surface area contributed by atoms with Crippen LogP contribution in [-0.4, -0.2) is 65.7 Å². The summed E-state index contributed by atoms with van der Waals surface area (Å²) in [4.78, 5) is 63.0. The van der Waals surface area contributed by atoms with Crippen molar-refractivity contribution in [1.29, 1.82) is 0 Å². The average molecular weight is 569 g/mol. The minimum absolute atomic E-state index is 0.00740. The summed E-state index contributed by atoms with van der Waals surface area (Å²) in [7, 11) is 1.48. The SMILES string of the molecule is CCc1cc(N2CC(=O)N(C)C2=O)c2nc([C@@H](C)Nc3cc(NC(=O)C4CC4c4nccc(C)n4)nc(C)n3)cn2c1. The smallest absolute Gasteiger partial charge is 0.331 e. The molecule has 0 spiro atoms. The molecule has 5 heterocycles. The van der Waals surface area contributed by atoms with E-state index in [9.17, 15) is 14.4 Å². The predicted octanol–water partition coefficient (Wildman–Crippen LogP) is 3.41. The lowest BCUT2D eigenvalue weighted by Crippen LogP contribution is -2.30. The maximum absolute atomic E-state index is 13.0. The highest BCUT2D eigenvalue weighted by atomic mass is 16.2. The molecule has 1 aliphatic heterocycles. The van der Waals surface area contributed by atoms with Gasteiger partial charge in [0, 0.05) is 49.2 Å². The fourth-order valence-electron chi connectivity index (χ4n) is 5.18. The maximum Gasteiger partial charge on any atom is 0.331 e. The highest BCUT2D eigenvalue weighted by molar-refractivity contribution is 6.13. The molecule has 4 amide bonds. The number of aromatic nitrogens is 6. The van der Waals surface area contributed by atoms with E-state index in [-0.39, 0.29) is 42.3 Å². The van der Waals surface area contributed by atoms with Crippen molar-refractivity contribution < 1.29 is 14.4 Å². The second kappa shape index (κ2) is 10.5. The zero-order chi connectivity index (χ0) is 29.7. The number of hydrogen-bond acceptors (Lipinski definition) is 9. The van der Waals surface area contributed by atoms with Crippen LogP contribution in [0, 0.1) is 19.8 Å². The third-order valence-electron chi connectivity index (χ3n) is 7.66. The quantitative estimate of drug-likeness (QED) is 0.305. The van der Waals surface area contributed by atoms with Crippen molar-refractivity contribution in [2.75, 3.05) is 29.1 Å². The summed E-state index contributed by atoms with van der Waals surface area (Å²) >= 11 is 0. The Morgan fingerprint density at radius 3 is 2.60 bits per heavy atom. The number of imide groups is 1. The first-order chi connectivity index (χ1) is 20.1. The molecule has 13 heteroatoms. The molecule has 1 aliphatic carbocycles. The van der Waals surface area contributed by atoms with Crippen molar-refractivity contribution in [3.05, 3.63) is 65.4 Å². The predicted molar refractivity (Wildman–Crippen MR) is 155 cm³/mol. The van der Waals surface area contributed by atoms with Gasteiger partial charge in [-0.3, -0.25) is 19.4 Å². The summed E-state index contributed by atoms with van der Waals surface area (Å²) in [5, 5.41) is 6.28. The van der Waals surface area contributed by atoms with E-state index in [1.807, 2.05) is 49.7 Å². The molecule has 0 bridgehead atoms. The molecule has 2 unspecified atom stereocenters. The number of carbonyl (C=O) groups is 3. The van der Waals surface area contributed by atoms with Crippen molar-refractivity contribution in [2.45, 2.75) is 52.5 Å². The number of carbonyl (C=O) groups excluding carboxylic acids is 3. The zero-order valence-corrected chi connectivity index (χ0v) is 24.1. The van der Waals surface area contributed by atoms with Crippen LogP contribution in [-0.2, 0) is 16.0 Å². The Bertz CT molecular complexity index is 1730. The van der Waals surface area contributed by atoms with Crippen molar-refractivity contribution in [3.8, 4) is 0 Å². The minimum Gasteiger partial charge on any atom is -0.362 e. The Morgan fingerprint density at radius 1 is 1.10 bits per heavy atom. The molecule has 6 rings (SSSR count). The van der Waals surface area contributed by atoms with Gasteiger partial charge in [0.05, 0.1) is 17.4 Å². The standard InChI is InChI=1S/C29H32N10O3/c1-6-18-9-22(39-14-25(40)37(5)29(39)42)27-35-21(13-38(27)12-18)16(3)32-23-11-24(34-17(4)33-23)36-28(41)20-10-19(20)26-30-8-7-15(2)31-26/h7-9,11-13,16,19-20H,6,10,14H2,1-5H3,(H2,32,33,34,36,41)/t16-,19?,20?/m1/s1. The molecule has 1 saturated carbocycles. The summed E-state index contributed by atoms with van der Waals surface area (Å²) in [5.41, 5.74) is 3.78. The summed E-state index contributed by atoms with van der Waals surface area (Å²) in [6.45, 7) is 7.63. The third kappa shape index (κ3) is 5.13. The van der Waals surface area contributed by atoms with Crippen LogP contribution >= 0.6 is 0 Å². The number of aryl methyl sites for hydroxylation is 3. The molecule has 3 atom stereocenters. The van der Waals surface area contributed by atoms with Gasteiger partial charge in [0.15, 0.2) is 5.65 Å². The molecule has 2 aliphatic rings. The van der Waals surface area contributed by atoms with E-state index in [0.717, 1.165) is 28.3 Å². The van der Waals surface area contributed by atoms with E-state index in [0.29, 0.717) is 41.0 Å². The molecule has 4 aromatic rings. The van der Waals surface area contributed by atoms with Crippen LogP contribution < -0.4 is 15.5 Å². The van der Waals surface area contributed by atoms with Crippen LogP contribution in [0.3, 0.4) is 0 Å². The number of fused-ring (bicyclic) bond motifs is 1. The second-order valence-corrected chi connectivity index (χ2v) is 10.9. The number of imidazole rings is 1. The first-order valence-corrected chi connectivity index (χ1v) is 13.9. The zero-order valence-electron chi connectivity index (χ0n) is 24.1. The first-order valence-electron chi connectivity index (χ1n) is 13.9. The van der Waals surface area contributed by atoms with Gasteiger partial charge in [0.1, 0.15) is 29.8 Å². The van der Waals surface area contributed by atoms with Gasteiger partial charge in [-0.05, 0) is 51.3 Å². The lowest BCUT2D eigenvalue weighted by atomic mass is 10.2. The van der Waals surface area contributed by atoms with Gasteiger partial charge >= 0.3 is 6.03 Å². The molecule has 0 aromatic carbocycles. The van der Waals surface area contributed by atoms with Crippen LogP contribution in [0.2, 0.25) is 0 Å². The number of pyridine rings is 1. The minimum atomic E-state index is -0.374. The maximum atomic E-state index is 13.0. The Morgan fingerprint density at radius 2 is 1.88 bits per heavy atom.